The minimum atomic E-state index is 1.16. The number of rotatable bonds is 10. The number of unbranched alkanes of at least 4 members (excludes halogenated alkanes) is 7. The summed E-state index contributed by atoms with van der Waals surface area (Å²) >= 11 is 3.50. The van der Waals surface area contributed by atoms with E-state index in [2.05, 4.69) is 60.1 Å². The van der Waals surface area contributed by atoms with E-state index in [-0.39, 0.29) is 0 Å². The lowest BCUT2D eigenvalue weighted by Crippen LogP contribution is -1.93. The monoisotopic (exact) mass is 374 g/mol. The Morgan fingerprint density at radius 3 is 2.09 bits per heavy atom. The molecule has 0 fully saturated rings. The molecule has 0 nitrogen and oxygen atoms in total. The van der Waals surface area contributed by atoms with Crippen LogP contribution < -0.4 is 0 Å². The van der Waals surface area contributed by atoms with Gasteiger partial charge in [-0.25, -0.2) is 0 Å². The fourth-order valence-electron chi connectivity index (χ4n) is 3.41. The van der Waals surface area contributed by atoms with Gasteiger partial charge < -0.3 is 0 Å². The number of halogens is 1. The standard InChI is InChI=1S/C22H31Br/c1-18-12-15-22-20(17-18)14-13-19(2)21(22)11-9-7-5-3-4-6-8-10-16-23/h12-15,17H,3-11,16H2,1-2H3. The Bertz CT molecular complexity index is 600. The summed E-state index contributed by atoms with van der Waals surface area (Å²) in [4.78, 5) is 0. The van der Waals surface area contributed by atoms with Gasteiger partial charge in [0.1, 0.15) is 0 Å². The average Bonchev–Trinajstić information content (AvgIpc) is 2.55. The molecule has 0 heterocycles. The van der Waals surface area contributed by atoms with Crippen LogP contribution in [0.25, 0.3) is 10.8 Å². The number of hydrogen-bond acceptors (Lipinski definition) is 0. The molecule has 0 aliphatic rings. The number of hydrogen-bond donors (Lipinski definition) is 0. The Morgan fingerprint density at radius 2 is 1.39 bits per heavy atom. The molecule has 0 amide bonds. The normalized spacial score (nSPS) is 11.3. The van der Waals surface area contributed by atoms with Crippen LogP contribution >= 0.6 is 15.9 Å². The van der Waals surface area contributed by atoms with Gasteiger partial charge in [0, 0.05) is 5.33 Å². The summed E-state index contributed by atoms with van der Waals surface area (Å²) < 4.78 is 0. The third-order valence-corrected chi connectivity index (χ3v) is 5.39. The minimum Gasteiger partial charge on any atom is -0.0928 e. The summed E-state index contributed by atoms with van der Waals surface area (Å²) in [6.07, 6.45) is 12.3. The predicted octanol–water partition coefficient (Wildman–Crippen LogP) is 7.51. The molecular formula is C22H31Br. The molecule has 0 aliphatic carbocycles. The number of benzene rings is 2. The Morgan fingerprint density at radius 1 is 0.739 bits per heavy atom. The van der Waals surface area contributed by atoms with Crippen molar-refractivity contribution in [3.05, 3.63) is 47.0 Å². The van der Waals surface area contributed by atoms with E-state index in [4.69, 9.17) is 0 Å². The molecule has 0 unspecified atom stereocenters. The molecule has 2 aromatic rings. The molecular weight excluding hydrogens is 344 g/mol. The van der Waals surface area contributed by atoms with E-state index >= 15 is 0 Å². The smallest absolute Gasteiger partial charge is 0.00313 e. The molecule has 0 atom stereocenters. The molecule has 0 aliphatic heterocycles. The maximum absolute atomic E-state index is 3.50. The zero-order chi connectivity index (χ0) is 16.5. The van der Waals surface area contributed by atoms with E-state index in [0.29, 0.717) is 0 Å². The van der Waals surface area contributed by atoms with Gasteiger partial charge in [0.05, 0.1) is 0 Å². The topological polar surface area (TPSA) is 0 Å². The van der Waals surface area contributed by atoms with Crippen LogP contribution in [-0.2, 0) is 6.42 Å². The van der Waals surface area contributed by atoms with Crippen molar-refractivity contribution in [1.82, 2.24) is 0 Å². The second kappa shape index (κ2) is 10.1. The van der Waals surface area contributed by atoms with E-state index in [1.807, 2.05) is 0 Å². The number of alkyl halides is 1. The second-order valence-electron chi connectivity index (χ2n) is 6.85. The molecule has 0 N–H and O–H groups in total. The number of aryl methyl sites for hydroxylation is 3. The first-order chi connectivity index (χ1) is 11.2. The van der Waals surface area contributed by atoms with Gasteiger partial charge in [-0.3, -0.25) is 0 Å². The van der Waals surface area contributed by atoms with Gasteiger partial charge in [-0.1, -0.05) is 90.4 Å². The number of fused-ring (bicyclic) bond motifs is 1. The first-order valence-corrected chi connectivity index (χ1v) is 10.4. The molecule has 0 aromatic heterocycles. The predicted molar refractivity (Wildman–Crippen MR) is 108 cm³/mol. The fourth-order valence-corrected chi connectivity index (χ4v) is 3.81. The van der Waals surface area contributed by atoms with Crippen molar-refractivity contribution in [3.63, 3.8) is 0 Å². The molecule has 0 saturated heterocycles. The highest BCUT2D eigenvalue weighted by atomic mass is 79.9. The molecule has 2 rings (SSSR count). The van der Waals surface area contributed by atoms with Crippen molar-refractivity contribution in [2.24, 2.45) is 0 Å². The van der Waals surface area contributed by atoms with Gasteiger partial charge in [-0.15, -0.1) is 0 Å². The molecule has 126 valence electrons. The molecule has 0 bridgehead atoms. The lowest BCUT2D eigenvalue weighted by Gasteiger charge is -2.11. The van der Waals surface area contributed by atoms with Gasteiger partial charge in [-0.05, 0) is 55.0 Å². The third-order valence-electron chi connectivity index (χ3n) is 4.83. The van der Waals surface area contributed by atoms with E-state index in [0.717, 1.165) is 5.33 Å². The van der Waals surface area contributed by atoms with Crippen LogP contribution in [0.2, 0.25) is 0 Å². The molecule has 2 aromatic carbocycles. The molecule has 0 spiro atoms. The Hall–Kier alpha value is -0.820. The van der Waals surface area contributed by atoms with Crippen molar-refractivity contribution in [2.45, 2.75) is 71.6 Å². The maximum Gasteiger partial charge on any atom is 0.00313 e. The van der Waals surface area contributed by atoms with Crippen molar-refractivity contribution in [3.8, 4) is 0 Å². The van der Waals surface area contributed by atoms with Crippen molar-refractivity contribution < 1.29 is 0 Å². The van der Waals surface area contributed by atoms with Gasteiger partial charge in [-0.2, -0.15) is 0 Å². The quantitative estimate of drug-likeness (QED) is 0.298. The molecule has 23 heavy (non-hydrogen) atoms. The summed E-state index contributed by atoms with van der Waals surface area (Å²) in [7, 11) is 0. The van der Waals surface area contributed by atoms with Crippen molar-refractivity contribution >= 4 is 26.7 Å². The zero-order valence-electron chi connectivity index (χ0n) is 14.8. The maximum atomic E-state index is 3.50. The Balaban J connectivity index is 1.77. The van der Waals surface area contributed by atoms with Gasteiger partial charge in [0.2, 0.25) is 0 Å². The first kappa shape index (κ1) is 18.5. The Labute approximate surface area is 150 Å². The third kappa shape index (κ3) is 5.95. The van der Waals surface area contributed by atoms with Gasteiger partial charge >= 0.3 is 0 Å². The van der Waals surface area contributed by atoms with Crippen LogP contribution in [0.5, 0.6) is 0 Å². The Kier molecular flexibility index (Phi) is 8.16. The van der Waals surface area contributed by atoms with E-state index in [1.54, 1.807) is 5.56 Å². The summed E-state index contributed by atoms with van der Waals surface area (Å²) in [6, 6.07) is 11.4. The summed E-state index contributed by atoms with van der Waals surface area (Å²) in [5.41, 5.74) is 4.38. The van der Waals surface area contributed by atoms with Gasteiger partial charge in [0.15, 0.2) is 0 Å². The van der Waals surface area contributed by atoms with E-state index < -0.39 is 0 Å². The first-order valence-electron chi connectivity index (χ1n) is 9.27. The van der Waals surface area contributed by atoms with Crippen LogP contribution in [-0.4, -0.2) is 5.33 Å². The SMILES string of the molecule is Cc1ccc2c(CCCCCCCCCCBr)c(C)ccc2c1. The highest BCUT2D eigenvalue weighted by Gasteiger charge is 2.05. The average molecular weight is 375 g/mol. The second-order valence-corrected chi connectivity index (χ2v) is 7.65. The van der Waals surface area contributed by atoms with Crippen molar-refractivity contribution in [2.75, 3.05) is 5.33 Å². The van der Waals surface area contributed by atoms with Crippen LogP contribution in [0, 0.1) is 13.8 Å². The van der Waals surface area contributed by atoms with Crippen molar-refractivity contribution in [1.29, 1.82) is 0 Å². The highest BCUT2D eigenvalue weighted by molar-refractivity contribution is 9.09. The van der Waals surface area contributed by atoms with Crippen LogP contribution in [0.4, 0.5) is 0 Å². The van der Waals surface area contributed by atoms with E-state index in [1.165, 1.54) is 79.7 Å². The largest absolute Gasteiger partial charge is 0.0928 e. The zero-order valence-corrected chi connectivity index (χ0v) is 16.4. The highest BCUT2D eigenvalue weighted by Crippen LogP contribution is 2.25. The molecule has 1 heteroatoms. The van der Waals surface area contributed by atoms with Crippen LogP contribution in [0.3, 0.4) is 0 Å². The summed E-state index contributed by atoms with van der Waals surface area (Å²) in [5, 5.41) is 4.03. The van der Waals surface area contributed by atoms with Gasteiger partial charge in [0.25, 0.3) is 0 Å². The summed E-state index contributed by atoms with van der Waals surface area (Å²) in [5.74, 6) is 0. The van der Waals surface area contributed by atoms with Crippen LogP contribution in [0.15, 0.2) is 30.3 Å². The fraction of sp³-hybridized carbons (Fsp3) is 0.545. The molecule has 0 saturated carbocycles. The van der Waals surface area contributed by atoms with Crippen LogP contribution in [0.1, 0.15) is 68.1 Å². The molecule has 0 radical (unpaired) electrons. The lowest BCUT2D eigenvalue weighted by molar-refractivity contribution is 0.577. The van der Waals surface area contributed by atoms with E-state index in [9.17, 15) is 0 Å². The lowest BCUT2D eigenvalue weighted by atomic mass is 9.94. The minimum absolute atomic E-state index is 1.16. The summed E-state index contributed by atoms with van der Waals surface area (Å²) in [6.45, 7) is 4.44.